The van der Waals surface area contributed by atoms with Crippen molar-refractivity contribution in [3.63, 3.8) is 0 Å². The minimum atomic E-state index is -1.59. The molecule has 0 fully saturated rings. The van der Waals surface area contributed by atoms with Crippen LogP contribution in [0.5, 0.6) is 11.5 Å². The lowest BCUT2D eigenvalue weighted by molar-refractivity contribution is -0.126. The van der Waals surface area contributed by atoms with E-state index in [9.17, 15) is 9.90 Å². The summed E-state index contributed by atoms with van der Waals surface area (Å²) in [7, 11) is 3.13. The highest BCUT2D eigenvalue weighted by molar-refractivity contribution is 5.83. The third kappa shape index (κ3) is 2.86. The maximum Gasteiger partial charge on any atom is 0.227 e. The van der Waals surface area contributed by atoms with Crippen LogP contribution in [0.1, 0.15) is 5.56 Å². The van der Waals surface area contributed by atoms with Gasteiger partial charge in [0.15, 0.2) is 0 Å². The molecule has 0 radical (unpaired) electrons. The molecule has 3 rings (SSSR count). The van der Waals surface area contributed by atoms with Crippen molar-refractivity contribution in [1.82, 2.24) is 0 Å². The van der Waals surface area contributed by atoms with Gasteiger partial charge >= 0.3 is 0 Å². The van der Waals surface area contributed by atoms with Crippen molar-refractivity contribution in [2.24, 2.45) is 11.7 Å². The molecule has 2 unspecified atom stereocenters. The number of aliphatic hydroxyl groups is 1. The van der Waals surface area contributed by atoms with Gasteiger partial charge in [-0.3, -0.25) is 4.79 Å². The number of carbonyl (C=O) groups is 1. The van der Waals surface area contributed by atoms with Gasteiger partial charge in [-0.2, -0.15) is 0 Å². The maximum absolute atomic E-state index is 11.9. The summed E-state index contributed by atoms with van der Waals surface area (Å²) in [6.07, 6.45) is 6.54. The smallest absolute Gasteiger partial charge is 0.227 e. The standard InChI is InChI=1S/C21H21NO4/c1-25-18-12-4-3-8-14(18)15-9-7-11-16(19(15)26-2)21(24)13-6-5-10-17(21)20(22)23/h3-13,17,24H,1-2H3,(H2,22,23). The van der Waals surface area contributed by atoms with Gasteiger partial charge < -0.3 is 20.3 Å². The maximum atomic E-state index is 11.9. The average Bonchev–Trinajstić information content (AvgIpc) is 2.67. The van der Waals surface area contributed by atoms with Gasteiger partial charge in [0.05, 0.1) is 20.1 Å². The minimum absolute atomic E-state index is 0.464. The van der Waals surface area contributed by atoms with Crippen LogP contribution in [0.25, 0.3) is 11.1 Å². The van der Waals surface area contributed by atoms with Crippen molar-refractivity contribution in [2.45, 2.75) is 5.60 Å². The number of primary amides is 1. The number of ether oxygens (including phenoxy) is 2. The largest absolute Gasteiger partial charge is 0.496 e. The summed E-state index contributed by atoms with van der Waals surface area (Å²) in [6, 6.07) is 13.0. The Morgan fingerprint density at radius 1 is 1.04 bits per heavy atom. The van der Waals surface area contributed by atoms with E-state index in [0.717, 1.165) is 11.1 Å². The van der Waals surface area contributed by atoms with Gasteiger partial charge in [-0.25, -0.2) is 0 Å². The number of allylic oxidation sites excluding steroid dienone is 2. The minimum Gasteiger partial charge on any atom is -0.496 e. The molecule has 2 aromatic carbocycles. The lowest BCUT2D eigenvalue weighted by Crippen LogP contribution is -2.41. The molecule has 0 saturated heterocycles. The normalized spacial score (nSPS) is 21.4. The molecule has 0 spiro atoms. The molecule has 2 atom stereocenters. The van der Waals surface area contributed by atoms with E-state index in [1.54, 1.807) is 37.5 Å². The predicted molar refractivity (Wildman–Crippen MR) is 99.8 cm³/mol. The van der Waals surface area contributed by atoms with Crippen molar-refractivity contribution >= 4 is 5.91 Å². The van der Waals surface area contributed by atoms with Gasteiger partial charge in [0.25, 0.3) is 0 Å². The average molecular weight is 351 g/mol. The first kappa shape index (κ1) is 17.8. The highest BCUT2D eigenvalue weighted by atomic mass is 16.5. The Bertz CT molecular complexity index is 887. The van der Waals surface area contributed by atoms with Crippen molar-refractivity contribution in [3.05, 3.63) is 72.3 Å². The molecule has 134 valence electrons. The second-order valence-electron chi connectivity index (χ2n) is 6.04. The molecule has 1 aliphatic rings. The van der Waals surface area contributed by atoms with Crippen LogP contribution in [-0.4, -0.2) is 25.2 Å². The number of hydrogen-bond acceptors (Lipinski definition) is 4. The summed E-state index contributed by atoms with van der Waals surface area (Å²) in [5.41, 5.74) is 5.97. The van der Waals surface area contributed by atoms with Crippen LogP contribution >= 0.6 is 0 Å². The highest BCUT2D eigenvalue weighted by Gasteiger charge is 2.42. The lowest BCUT2D eigenvalue weighted by Gasteiger charge is -2.33. The number of nitrogens with two attached hydrogens (primary N) is 1. The SMILES string of the molecule is COc1ccccc1-c1cccc(C2(O)C=CC=CC2C(N)=O)c1OC. The third-order valence-corrected chi connectivity index (χ3v) is 4.59. The fraction of sp³-hybridized carbons (Fsp3) is 0.190. The van der Waals surface area contributed by atoms with Crippen LogP contribution in [0.3, 0.4) is 0 Å². The van der Waals surface area contributed by atoms with E-state index in [1.807, 2.05) is 36.4 Å². The van der Waals surface area contributed by atoms with Gasteiger partial charge in [0.1, 0.15) is 17.1 Å². The van der Waals surface area contributed by atoms with E-state index in [-0.39, 0.29) is 0 Å². The monoisotopic (exact) mass is 351 g/mol. The van der Waals surface area contributed by atoms with E-state index in [4.69, 9.17) is 15.2 Å². The van der Waals surface area contributed by atoms with Crippen molar-refractivity contribution in [3.8, 4) is 22.6 Å². The molecule has 0 bridgehead atoms. The van der Waals surface area contributed by atoms with Crippen LogP contribution in [0.15, 0.2) is 66.8 Å². The zero-order chi connectivity index (χ0) is 18.7. The fourth-order valence-corrected chi connectivity index (χ4v) is 3.35. The summed E-state index contributed by atoms with van der Waals surface area (Å²) >= 11 is 0. The zero-order valence-electron chi connectivity index (χ0n) is 14.7. The second-order valence-corrected chi connectivity index (χ2v) is 6.04. The molecule has 3 N–H and O–H groups in total. The summed E-state index contributed by atoms with van der Waals surface area (Å²) in [6.45, 7) is 0. The molecule has 5 nitrogen and oxygen atoms in total. The second kappa shape index (κ2) is 7.06. The Hall–Kier alpha value is -3.05. The van der Waals surface area contributed by atoms with E-state index in [0.29, 0.717) is 17.1 Å². The van der Waals surface area contributed by atoms with E-state index in [2.05, 4.69) is 0 Å². The predicted octanol–water partition coefficient (Wildman–Crippen LogP) is 2.79. The van der Waals surface area contributed by atoms with E-state index >= 15 is 0 Å². The number of hydrogen-bond donors (Lipinski definition) is 2. The molecular weight excluding hydrogens is 330 g/mol. The summed E-state index contributed by atoms with van der Waals surface area (Å²) < 4.78 is 11.1. The number of benzene rings is 2. The molecule has 2 aromatic rings. The zero-order valence-corrected chi connectivity index (χ0v) is 14.7. The molecule has 26 heavy (non-hydrogen) atoms. The van der Waals surface area contributed by atoms with Crippen molar-refractivity contribution in [2.75, 3.05) is 14.2 Å². The lowest BCUT2D eigenvalue weighted by atomic mass is 9.77. The molecule has 0 aromatic heterocycles. The van der Waals surface area contributed by atoms with E-state index in [1.165, 1.54) is 7.11 Å². The number of methoxy groups -OCH3 is 2. The number of amides is 1. The summed E-state index contributed by atoms with van der Waals surface area (Å²) in [5, 5.41) is 11.3. The van der Waals surface area contributed by atoms with Gasteiger partial charge in [-0.05, 0) is 12.1 Å². The number of carbonyl (C=O) groups excluding carboxylic acids is 1. The quantitative estimate of drug-likeness (QED) is 0.868. The molecular formula is C21H21NO4. The molecule has 5 heteroatoms. The highest BCUT2D eigenvalue weighted by Crippen LogP contribution is 2.45. The van der Waals surface area contributed by atoms with Crippen LogP contribution in [-0.2, 0) is 10.4 Å². The topological polar surface area (TPSA) is 81.8 Å². The van der Waals surface area contributed by atoms with Gasteiger partial charge in [0.2, 0.25) is 5.91 Å². The third-order valence-electron chi connectivity index (χ3n) is 4.59. The Labute approximate surface area is 152 Å². The van der Waals surface area contributed by atoms with Gasteiger partial charge in [0, 0.05) is 16.7 Å². The van der Waals surface area contributed by atoms with Gasteiger partial charge in [-0.15, -0.1) is 0 Å². The first-order valence-corrected chi connectivity index (χ1v) is 8.21. The Morgan fingerprint density at radius 3 is 2.46 bits per heavy atom. The fourth-order valence-electron chi connectivity index (χ4n) is 3.35. The van der Waals surface area contributed by atoms with Crippen LogP contribution in [0.4, 0.5) is 0 Å². The van der Waals surface area contributed by atoms with Gasteiger partial charge in [-0.1, -0.05) is 54.6 Å². The Kier molecular flexibility index (Phi) is 4.82. The molecule has 0 aliphatic heterocycles. The number of para-hydroxylation sites is 2. The number of rotatable bonds is 5. The van der Waals surface area contributed by atoms with Crippen LogP contribution in [0.2, 0.25) is 0 Å². The Morgan fingerprint density at radius 2 is 1.77 bits per heavy atom. The van der Waals surface area contributed by atoms with Crippen LogP contribution in [0, 0.1) is 5.92 Å². The molecule has 0 heterocycles. The van der Waals surface area contributed by atoms with Crippen LogP contribution < -0.4 is 15.2 Å². The summed E-state index contributed by atoms with van der Waals surface area (Å²) in [5.74, 6) is -0.363. The first-order valence-electron chi connectivity index (χ1n) is 8.21. The molecule has 1 amide bonds. The Balaban J connectivity index is 2.23. The van der Waals surface area contributed by atoms with E-state index < -0.39 is 17.4 Å². The molecule has 0 saturated carbocycles. The summed E-state index contributed by atoms with van der Waals surface area (Å²) in [4.78, 5) is 11.9. The van der Waals surface area contributed by atoms with Crippen molar-refractivity contribution < 1.29 is 19.4 Å². The molecule has 1 aliphatic carbocycles. The van der Waals surface area contributed by atoms with Crippen molar-refractivity contribution in [1.29, 1.82) is 0 Å². The first-order chi connectivity index (χ1) is 12.5.